The minimum Gasteiger partial charge on any atom is -0.379 e. The largest absolute Gasteiger partial charge is 0.379 e. The van der Waals surface area contributed by atoms with Crippen molar-refractivity contribution in [2.24, 2.45) is 0 Å². The lowest BCUT2D eigenvalue weighted by atomic mass is 9.88. The predicted octanol–water partition coefficient (Wildman–Crippen LogP) is 2.85. The quantitative estimate of drug-likeness (QED) is 0.736. The molecule has 1 rings (SSSR count). The molecule has 1 aromatic rings. The fraction of sp³-hybridized carbons (Fsp3) is 0.417. The molecule has 0 saturated carbocycles. The number of nitrogens with one attached hydrogen (secondary N) is 1. The van der Waals surface area contributed by atoms with Crippen molar-refractivity contribution in [1.29, 1.82) is 5.41 Å². The molecule has 0 spiro atoms. The Labute approximate surface area is 89.3 Å². The van der Waals surface area contributed by atoms with Crippen LogP contribution < -0.4 is 0 Å². The second-order valence-electron chi connectivity index (χ2n) is 3.78. The SMILES string of the molecule is CCCC(=N)C(C)(O)c1ccccc1F. The van der Waals surface area contributed by atoms with Crippen LogP contribution in [-0.4, -0.2) is 10.8 Å². The van der Waals surface area contributed by atoms with Crippen molar-refractivity contribution in [1.82, 2.24) is 0 Å². The maximum atomic E-state index is 13.4. The molecular weight excluding hydrogens is 193 g/mol. The molecular formula is C12H16FNO. The molecule has 0 radical (unpaired) electrons. The highest BCUT2D eigenvalue weighted by Gasteiger charge is 2.30. The van der Waals surface area contributed by atoms with Crippen LogP contribution in [0.5, 0.6) is 0 Å². The molecule has 2 nitrogen and oxygen atoms in total. The third-order valence-electron chi connectivity index (χ3n) is 2.49. The third-order valence-corrected chi connectivity index (χ3v) is 2.49. The smallest absolute Gasteiger partial charge is 0.129 e. The number of aliphatic hydroxyl groups is 1. The Morgan fingerprint density at radius 1 is 1.47 bits per heavy atom. The van der Waals surface area contributed by atoms with Crippen molar-refractivity contribution in [3.63, 3.8) is 0 Å². The average molecular weight is 209 g/mol. The highest BCUT2D eigenvalue weighted by atomic mass is 19.1. The number of hydrogen-bond donors (Lipinski definition) is 2. The van der Waals surface area contributed by atoms with E-state index < -0.39 is 11.4 Å². The van der Waals surface area contributed by atoms with Gasteiger partial charge in [-0.25, -0.2) is 4.39 Å². The Balaban J connectivity index is 3.05. The van der Waals surface area contributed by atoms with Crippen LogP contribution in [0.15, 0.2) is 24.3 Å². The molecule has 1 atom stereocenters. The lowest BCUT2D eigenvalue weighted by molar-refractivity contribution is 0.125. The van der Waals surface area contributed by atoms with E-state index in [1.165, 1.54) is 19.1 Å². The number of benzene rings is 1. The average Bonchev–Trinajstić information content (AvgIpc) is 2.18. The van der Waals surface area contributed by atoms with Gasteiger partial charge < -0.3 is 10.5 Å². The summed E-state index contributed by atoms with van der Waals surface area (Å²) in [6.07, 6.45) is 1.24. The lowest BCUT2D eigenvalue weighted by Gasteiger charge is -2.25. The van der Waals surface area contributed by atoms with Gasteiger partial charge in [-0.15, -0.1) is 0 Å². The van der Waals surface area contributed by atoms with Gasteiger partial charge in [-0.2, -0.15) is 0 Å². The molecule has 3 heteroatoms. The summed E-state index contributed by atoms with van der Waals surface area (Å²) < 4.78 is 13.4. The van der Waals surface area contributed by atoms with Crippen LogP contribution in [0.4, 0.5) is 4.39 Å². The van der Waals surface area contributed by atoms with Gasteiger partial charge in [0.1, 0.15) is 11.4 Å². The van der Waals surface area contributed by atoms with Crippen molar-refractivity contribution in [2.45, 2.75) is 32.3 Å². The van der Waals surface area contributed by atoms with Gasteiger partial charge in [0.05, 0.1) is 0 Å². The van der Waals surface area contributed by atoms with E-state index in [4.69, 9.17) is 5.41 Å². The standard InChI is InChI=1S/C12H16FNO/c1-3-6-11(14)12(2,15)9-7-4-5-8-10(9)13/h4-5,7-8,14-15H,3,6H2,1-2H3. The normalized spacial score (nSPS) is 14.7. The Morgan fingerprint density at radius 3 is 2.60 bits per heavy atom. The minimum absolute atomic E-state index is 0.148. The zero-order valence-corrected chi connectivity index (χ0v) is 9.05. The Hall–Kier alpha value is -1.22. The van der Waals surface area contributed by atoms with Gasteiger partial charge in [0, 0.05) is 11.3 Å². The molecule has 1 aromatic carbocycles. The first-order chi connectivity index (χ1) is 7.00. The van der Waals surface area contributed by atoms with Crippen LogP contribution in [0.1, 0.15) is 32.3 Å². The molecule has 0 heterocycles. The fourth-order valence-corrected chi connectivity index (χ4v) is 1.51. The molecule has 1 unspecified atom stereocenters. The highest BCUT2D eigenvalue weighted by molar-refractivity contribution is 5.90. The molecule has 0 fully saturated rings. The Kier molecular flexibility index (Phi) is 3.58. The van der Waals surface area contributed by atoms with Crippen molar-refractivity contribution in [2.75, 3.05) is 0 Å². The molecule has 15 heavy (non-hydrogen) atoms. The summed E-state index contributed by atoms with van der Waals surface area (Å²) >= 11 is 0. The highest BCUT2D eigenvalue weighted by Crippen LogP contribution is 2.26. The van der Waals surface area contributed by atoms with E-state index in [0.29, 0.717) is 6.42 Å². The summed E-state index contributed by atoms with van der Waals surface area (Å²) in [5, 5.41) is 17.8. The molecule has 0 aliphatic carbocycles. The minimum atomic E-state index is -1.50. The lowest BCUT2D eigenvalue weighted by Crippen LogP contribution is -2.32. The first-order valence-electron chi connectivity index (χ1n) is 5.05. The molecule has 0 aliphatic rings. The molecule has 0 aromatic heterocycles. The summed E-state index contributed by atoms with van der Waals surface area (Å²) in [4.78, 5) is 0. The van der Waals surface area contributed by atoms with Crippen LogP contribution >= 0.6 is 0 Å². The van der Waals surface area contributed by atoms with Crippen molar-refractivity contribution in [3.05, 3.63) is 35.6 Å². The van der Waals surface area contributed by atoms with E-state index in [2.05, 4.69) is 0 Å². The summed E-state index contributed by atoms with van der Waals surface area (Å²) in [6, 6.07) is 6.03. The van der Waals surface area contributed by atoms with Crippen molar-refractivity contribution in [3.8, 4) is 0 Å². The molecule has 0 bridgehead atoms. The number of halogens is 1. The summed E-state index contributed by atoms with van der Waals surface area (Å²) in [5.74, 6) is -0.469. The summed E-state index contributed by atoms with van der Waals surface area (Å²) in [7, 11) is 0. The second kappa shape index (κ2) is 4.53. The van der Waals surface area contributed by atoms with Crippen LogP contribution in [-0.2, 0) is 5.60 Å². The monoisotopic (exact) mass is 209 g/mol. The van der Waals surface area contributed by atoms with Crippen molar-refractivity contribution >= 4 is 5.71 Å². The molecule has 82 valence electrons. The molecule has 2 N–H and O–H groups in total. The first kappa shape index (κ1) is 11.9. The fourth-order valence-electron chi connectivity index (χ4n) is 1.51. The molecule has 0 saturated heterocycles. The van der Waals surface area contributed by atoms with E-state index in [1.807, 2.05) is 6.92 Å². The zero-order valence-electron chi connectivity index (χ0n) is 9.05. The van der Waals surface area contributed by atoms with Crippen molar-refractivity contribution < 1.29 is 9.50 Å². The van der Waals surface area contributed by atoms with E-state index >= 15 is 0 Å². The van der Waals surface area contributed by atoms with E-state index in [9.17, 15) is 9.50 Å². The van der Waals surface area contributed by atoms with E-state index in [1.54, 1.807) is 12.1 Å². The second-order valence-corrected chi connectivity index (χ2v) is 3.78. The topological polar surface area (TPSA) is 44.1 Å². The van der Waals surface area contributed by atoms with Gasteiger partial charge in [0.15, 0.2) is 0 Å². The number of rotatable bonds is 4. The summed E-state index contributed by atoms with van der Waals surface area (Å²) in [6.45, 7) is 3.38. The van der Waals surface area contributed by atoms with Gasteiger partial charge >= 0.3 is 0 Å². The van der Waals surface area contributed by atoms with Crippen LogP contribution in [0.2, 0.25) is 0 Å². The first-order valence-corrected chi connectivity index (χ1v) is 5.05. The van der Waals surface area contributed by atoms with Gasteiger partial charge in [0.25, 0.3) is 0 Å². The van der Waals surface area contributed by atoms with E-state index in [0.717, 1.165) is 6.42 Å². The summed E-state index contributed by atoms with van der Waals surface area (Å²) in [5.41, 5.74) is -1.18. The maximum Gasteiger partial charge on any atom is 0.129 e. The van der Waals surface area contributed by atoms with Gasteiger partial charge in [-0.05, 0) is 19.4 Å². The number of hydrogen-bond acceptors (Lipinski definition) is 2. The Bertz CT molecular complexity index is 360. The maximum absolute atomic E-state index is 13.4. The predicted molar refractivity (Wildman–Crippen MR) is 58.6 cm³/mol. The third kappa shape index (κ3) is 2.42. The van der Waals surface area contributed by atoms with Crippen LogP contribution in [0.3, 0.4) is 0 Å². The zero-order chi connectivity index (χ0) is 11.5. The van der Waals surface area contributed by atoms with Gasteiger partial charge in [-0.3, -0.25) is 0 Å². The Morgan fingerprint density at radius 2 is 2.07 bits per heavy atom. The van der Waals surface area contributed by atoms with Gasteiger partial charge in [0.2, 0.25) is 0 Å². The van der Waals surface area contributed by atoms with E-state index in [-0.39, 0.29) is 11.3 Å². The van der Waals surface area contributed by atoms with Crippen LogP contribution in [0, 0.1) is 11.2 Å². The van der Waals surface area contributed by atoms with Crippen LogP contribution in [0.25, 0.3) is 0 Å². The molecule has 0 amide bonds. The molecule has 0 aliphatic heterocycles. The van der Waals surface area contributed by atoms with Gasteiger partial charge in [-0.1, -0.05) is 31.5 Å².